The number of rotatable bonds is 4. The van der Waals surface area contributed by atoms with Gasteiger partial charge in [-0.1, -0.05) is 19.9 Å². The first-order valence-electron chi connectivity index (χ1n) is 8.42. The van der Waals surface area contributed by atoms with Crippen molar-refractivity contribution in [3.63, 3.8) is 0 Å². The van der Waals surface area contributed by atoms with E-state index in [2.05, 4.69) is 45.9 Å². The van der Waals surface area contributed by atoms with Gasteiger partial charge < -0.3 is 14.8 Å². The molecule has 4 rings (SSSR count). The highest BCUT2D eigenvalue weighted by molar-refractivity contribution is 5.48. The van der Waals surface area contributed by atoms with Gasteiger partial charge in [0, 0.05) is 6.42 Å². The Labute approximate surface area is 145 Å². The van der Waals surface area contributed by atoms with Crippen LogP contribution in [-0.4, -0.2) is 38.5 Å². The number of hydrogen-bond donors (Lipinski definition) is 1. The van der Waals surface area contributed by atoms with Gasteiger partial charge in [0.05, 0.1) is 19.3 Å². The minimum absolute atomic E-state index is 0.0681. The fourth-order valence-corrected chi connectivity index (χ4v) is 2.89. The molecule has 0 saturated heterocycles. The molecule has 1 aliphatic rings. The van der Waals surface area contributed by atoms with E-state index in [1.54, 1.807) is 0 Å². The summed E-state index contributed by atoms with van der Waals surface area (Å²) in [7, 11) is 0. The fraction of sp³-hybridized carbons (Fsp3) is 0.412. The molecule has 1 aromatic carbocycles. The Morgan fingerprint density at radius 1 is 1.08 bits per heavy atom. The largest absolute Gasteiger partial charge is 0.490 e. The molecule has 0 spiro atoms. The Bertz CT molecular complexity index is 878. The Balaban J connectivity index is 1.63. The lowest BCUT2D eigenvalue weighted by molar-refractivity contribution is 0.297. The molecular weight excluding hydrogens is 320 g/mol. The van der Waals surface area contributed by atoms with Crippen LogP contribution in [0.4, 0.5) is 5.82 Å². The normalized spacial score (nSPS) is 15.2. The van der Waals surface area contributed by atoms with Crippen molar-refractivity contribution in [2.24, 2.45) is 5.92 Å². The average molecular weight is 340 g/mol. The van der Waals surface area contributed by atoms with Crippen molar-refractivity contribution < 1.29 is 9.47 Å². The Kier molecular flexibility index (Phi) is 4.09. The van der Waals surface area contributed by atoms with E-state index in [1.165, 1.54) is 4.63 Å². The van der Waals surface area contributed by atoms with Crippen LogP contribution in [0.1, 0.15) is 31.9 Å². The smallest absolute Gasteiger partial charge is 0.200 e. The van der Waals surface area contributed by atoms with Crippen LogP contribution in [0.3, 0.4) is 0 Å². The SMILES string of the molecule is CC(C)[C@@H](Nc1ccc2nnnn2n1)c1ccc2c(c1)OCCCO2. The molecule has 25 heavy (non-hydrogen) atoms. The number of tetrazole rings is 1. The Morgan fingerprint density at radius 3 is 2.76 bits per heavy atom. The molecule has 1 aliphatic heterocycles. The van der Waals surface area contributed by atoms with E-state index in [9.17, 15) is 0 Å². The minimum Gasteiger partial charge on any atom is -0.490 e. The Hall–Kier alpha value is -2.90. The lowest BCUT2D eigenvalue weighted by atomic mass is 9.95. The van der Waals surface area contributed by atoms with Gasteiger partial charge in [0.2, 0.25) is 0 Å². The lowest BCUT2D eigenvalue weighted by Crippen LogP contribution is -2.18. The predicted octanol–water partition coefficient (Wildman–Crippen LogP) is 2.49. The van der Waals surface area contributed by atoms with E-state index >= 15 is 0 Å². The zero-order valence-corrected chi connectivity index (χ0v) is 14.2. The molecule has 3 aromatic rings. The van der Waals surface area contributed by atoms with E-state index < -0.39 is 0 Å². The maximum Gasteiger partial charge on any atom is 0.200 e. The predicted molar refractivity (Wildman–Crippen MR) is 91.8 cm³/mol. The second kappa shape index (κ2) is 6.54. The monoisotopic (exact) mass is 340 g/mol. The molecule has 1 atom stereocenters. The molecule has 0 fully saturated rings. The standard InChI is InChI=1S/C17H20N6O2/c1-11(2)17(18-15-6-7-16-19-21-22-23(16)20-15)12-4-5-13-14(10-12)25-9-3-8-24-13/h4-7,10-11,17H,3,8-9H2,1-2H3,(H,18,20)/t17-/m1/s1. The van der Waals surface area contributed by atoms with Crippen molar-refractivity contribution >= 4 is 11.5 Å². The van der Waals surface area contributed by atoms with Gasteiger partial charge in [-0.05, 0) is 46.2 Å². The third kappa shape index (κ3) is 3.19. The summed E-state index contributed by atoms with van der Waals surface area (Å²) in [6.45, 7) is 5.69. The third-order valence-electron chi connectivity index (χ3n) is 4.17. The highest BCUT2D eigenvalue weighted by Crippen LogP contribution is 2.35. The summed E-state index contributed by atoms with van der Waals surface area (Å²) in [5.74, 6) is 2.66. The summed E-state index contributed by atoms with van der Waals surface area (Å²) in [5, 5.41) is 19.2. The average Bonchev–Trinajstić information content (AvgIpc) is 2.95. The highest BCUT2D eigenvalue weighted by atomic mass is 16.5. The topological polar surface area (TPSA) is 86.5 Å². The third-order valence-corrected chi connectivity index (χ3v) is 4.17. The van der Waals surface area contributed by atoms with Crippen molar-refractivity contribution in [1.29, 1.82) is 0 Å². The molecule has 0 bridgehead atoms. The number of fused-ring (bicyclic) bond motifs is 2. The first kappa shape index (κ1) is 15.6. The molecule has 130 valence electrons. The molecule has 0 saturated carbocycles. The molecule has 0 aliphatic carbocycles. The fourth-order valence-electron chi connectivity index (χ4n) is 2.89. The quantitative estimate of drug-likeness (QED) is 0.781. The molecule has 2 aromatic heterocycles. The van der Waals surface area contributed by atoms with E-state index in [0.29, 0.717) is 30.6 Å². The molecule has 8 heteroatoms. The summed E-state index contributed by atoms with van der Waals surface area (Å²) >= 11 is 0. The molecule has 0 radical (unpaired) electrons. The summed E-state index contributed by atoms with van der Waals surface area (Å²) < 4.78 is 12.9. The van der Waals surface area contributed by atoms with Crippen molar-refractivity contribution in [3.05, 3.63) is 35.9 Å². The summed E-state index contributed by atoms with van der Waals surface area (Å²) in [5.41, 5.74) is 1.74. The first-order chi connectivity index (χ1) is 12.2. The molecule has 3 heterocycles. The van der Waals surface area contributed by atoms with Crippen molar-refractivity contribution in [3.8, 4) is 11.5 Å². The number of hydrogen-bond acceptors (Lipinski definition) is 7. The summed E-state index contributed by atoms with van der Waals surface area (Å²) in [6, 6.07) is 9.88. The van der Waals surface area contributed by atoms with Crippen molar-refractivity contribution in [1.82, 2.24) is 25.3 Å². The maximum atomic E-state index is 5.82. The van der Waals surface area contributed by atoms with Gasteiger partial charge in [-0.25, -0.2) is 0 Å². The highest BCUT2D eigenvalue weighted by Gasteiger charge is 2.20. The van der Waals surface area contributed by atoms with Gasteiger partial charge in [-0.2, -0.15) is 0 Å². The summed E-state index contributed by atoms with van der Waals surface area (Å²) in [4.78, 5) is 0. The number of ether oxygens (including phenoxy) is 2. The summed E-state index contributed by atoms with van der Waals surface area (Å²) in [6.07, 6.45) is 0.895. The van der Waals surface area contributed by atoms with Gasteiger partial charge in [0.1, 0.15) is 5.82 Å². The second-order valence-corrected chi connectivity index (χ2v) is 6.37. The number of benzene rings is 1. The molecule has 8 nitrogen and oxygen atoms in total. The van der Waals surface area contributed by atoms with Crippen LogP contribution in [0.15, 0.2) is 30.3 Å². The minimum atomic E-state index is 0.0681. The zero-order valence-electron chi connectivity index (χ0n) is 14.2. The van der Waals surface area contributed by atoms with E-state index in [1.807, 2.05) is 24.3 Å². The van der Waals surface area contributed by atoms with Gasteiger partial charge in [-0.3, -0.25) is 0 Å². The van der Waals surface area contributed by atoms with Crippen molar-refractivity contribution in [2.45, 2.75) is 26.3 Å². The van der Waals surface area contributed by atoms with Crippen LogP contribution < -0.4 is 14.8 Å². The Morgan fingerprint density at radius 2 is 1.92 bits per heavy atom. The molecule has 0 amide bonds. The van der Waals surface area contributed by atoms with Crippen LogP contribution in [-0.2, 0) is 0 Å². The van der Waals surface area contributed by atoms with Crippen LogP contribution >= 0.6 is 0 Å². The number of nitrogens with zero attached hydrogens (tertiary/aromatic N) is 5. The van der Waals surface area contributed by atoms with Gasteiger partial charge in [0.15, 0.2) is 17.1 Å². The van der Waals surface area contributed by atoms with Gasteiger partial charge in [0.25, 0.3) is 0 Å². The van der Waals surface area contributed by atoms with E-state index in [0.717, 1.165) is 23.5 Å². The van der Waals surface area contributed by atoms with E-state index in [4.69, 9.17) is 9.47 Å². The molecule has 0 unspecified atom stereocenters. The van der Waals surface area contributed by atoms with Crippen LogP contribution in [0.25, 0.3) is 5.65 Å². The van der Waals surface area contributed by atoms with Crippen LogP contribution in [0.2, 0.25) is 0 Å². The lowest BCUT2D eigenvalue weighted by Gasteiger charge is -2.24. The zero-order chi connectivity index (χ0) is 17.2. The van der Waals surface area contributed by atoms with Crippen molar-refractivity contribution in [2.75, 3.05) is 18.5 Å². The van der Waals surface area contributed by atoms with Gasteiger partial charge in [-0.15, -0.1) is 14.8 Å². The second-order valence-electron chi connectivity index (χ2n) is 6.37. The first-order valence-corrected chi connectivity index (χ1v) is 8.42. The molecular formula is C17H20N6O2. The van der Waals surface area contributed by atoms with Crippen LogP contribution in [0, 0.1) is 5.92 Å². The number of aromatic nitrogens is 5. The van der Waals surface area contributed by atoms with E-state index in [-0.39, 0.29) is 6.04 Å². The number of nitrogens with one attached hydrogen (secondary N) is 1. The number of anilines is 1. The maximum absolute atomic E-state index is 5.82. The van der Waals surface area contributed by atoms with Crippen LogP contribution in [0.5, 0.6) is 11.5 Å². The molecule has 1 N–H and O–H groups in total. The van der Waals surface area contributed by atoms with Gasteiger partial charge >= 0.3 is 0 Å².